The van der Waals surface area contributed by atoms with Gasteiger partial charge in [0.15, 0.2) is 0 Å². The molecule has 1 atom stereocenters. The van der Waals surface area contributed by atoms with Crippen molar-refractivity contribution >= 4 is 22.7 Å². The molecule has 214 valence electrons. The number of rotatable bonds is 7. The molecule has 0 amide bonds. The lowest BCUT2D eigenvalue weighted by molar-refractivity contribution is 0.0594. The Morgan fingerprint density at radius 1 is 1.12 bits per heavy atom. The number of pyridine rings is 2. The lowest BCUT2D eigenvalue weighted by atomic mass is 10.0. The highest BCUT2D eigenvalue weighted by atomic mass is 19.3. The summed E-state index contributed by atoms with van der Waals surface area (Å²) >= 11 is 0. The molecule has 1 aromatic carbocycles. The quantitative estimate of drug-likeness (QED) is 0.329. The minimum atomic E-state index is -2.96. The lowest BCUT2D eigenvalue weighted by Gasteiger charge is -2.31. The summed E-state index contributed by atoms with van der Waals surface area (Å²) in [6.45, 7) is 5.00. The summed E-state index contributed by atoms with van der Waals surface area (Å²) in [5.74, 6) is -1.02. The van der Waals surface area contributed by atoms with Gasteiger partial charge in [0.1, 0.15) is 23.2 Å². The zero-order valence-electron chi connectivity index (χ0n) is 22.5. The zero-order chi connectivity index (χ0) is 29.3. The lowest BCUT2D eigenvalue weighted by Crippen LogP contribution is -2.49. The molecule has 0 unspecified atom stereocenters. The number of carbonyl (C=O) groups excluding carboxylic acids is 1. The first kappa shape index (κ1) is 28.0. The summed E-state index contributed by atoms with van der Waals surface area (Å²) in [6, 6.07) is 6.12. The van der Waals surface area contributed by atoms with Gasteiger partial charge in [-0.15, -0.1) is 0 Å². The fraction of sp³-hybridized carbons (Fsp3) is 0.321. The van der Waals surface area contributed by atoms with Crippen LogP contribution >= 0.6 is 0 Å². The van der Waals surface area contributed by atoms with E-state index in [1.165, 1.54) is 36.2 Å². The Morgan fingerprint density at radius 3 is 2.51 bits per heavy atom. The van der Waals surface area contributed by atoms with Gasteiger partial charge in [-0.25, -0.2) is 37.6 Å². The number of halogens is 3. The third-order valence-corrected chi connectivity index (χ3v) is 6.82. The van der Waals surface area contributed by atoms with E-state index in [0.29, 0.717) is 48.6 Å². The summed E-state index contributed by atoms with van der Waals surface area (Å²) in [5, 5.41) is 5.40. The van der Waals surface area contributed by atoms with Crippen molar-refractivity contribution in [3.8, 4) is 11.1 Å². The van der Waals surface area contributed by atoms with Gasteiger partial charge in [-0.3, -0.25) is 4.79 Å². The average Bonchev–Trinajstić information content (AvgIpc) is 2.97. The highest BCUT2D eigenvalue weighted by Gasteiger charge is 2.24. The summed E-state index contributed by atoms with van der Waals surface area (Å²) in [4.78, 5) is 39.1. The molecule has 13 heteroatoms. The monoisotopic (exact) mass is 568 g/mol. The van der Waals surface area contributed by atoms with Crippen molar-refractivity contribution in [2.75, 3.05) is 43.7 Å². The van der Waals surface area contributed by atoms with Crippen molar-refractivity contribution in [3.63, 3.8) is 0 Å². The Labute approximate surface area is 232 Å². The Bertz CT molecular complexity index is 1660. The second kappa shape index (κ2) is 11.5. The molecule has 1 aliphatic rings. The van der Waals surface area contributed by atoms with Gasteiger partial charge >= 0.3 is 5.97 Å². The number of hydrogen-bond donors (Lipinski definition) is 1. The first-order valence-corrected chi connectivity index (χ1v) is 12.8. The molecule has 3 aromatic heterocycles. The van der Waals surface area contributed by atoms with Crippen LogP contribution in [0.25, 0.3) is 22.0 Å². The van der Waals surface area contributed by atoms with Gasteiger partial charge in [-0.05, 0) is 19.9 Å². The van der Waals surface area contributed by atoms with E-state index in [9.17, 15) is 22.8 Å². The van der Waals surface area contributed by atoms with Crippen LogP contribution in [0.4, 0.5) is 19.0 Å². The number of esters is 1. The maximum absolute atomic E-state index is 15.0. The van der Waals surface area contributed by atoms with E-state index in [2.05, 4.69) is 20.3 Å². The third kappa shape index (κ3) is 5.44. The standard InChI is InChI=1S/C28H27F3N6O4/c1-15(18-5-4-6-19(23(18)29)25(30)31)33-26-20-14-37(36-9-11-41-12-10-36)27(38)22(24(20)34-16(2)35-26)17-7-8-21(32-13-17)28(39)40-3/h4-8,13-15,25H,9-12H2,1-3H3,(H,33,34,35)/t15-/m1/s1. The van der Waals surface area contributed by atoms with E-state index in [1.54, 1.807) is 26.1 Å². The molecule has 0 radical (unpaired) electrons. The van der Waals surface area contributed by atoms with E-state index in [1.807, 2.05) is 5.01 Å². The molecule has 1 aliphatic heterocycles. The highest BCUT2D eigenvalue weighted by Crippen LogP contribution is 2.32. The van der Waals surface area contributed by atoms with E-state index in [0.717, 1.165) is 6.07 Å². The maximum atomic E-state index is 15.0. The number of aryl methyl sites for hydroxylation is 1. The number of methoxy groups -OCH3 is 1. The Hall–Kier alpha value is -4.52. The number of morpholine rings is 1. The van der Waals surface area contributed by atoms with Crippen LogP contribution in [0, 0.1) is 12.7 Å². The van der Waals surface area contributed by atoms with Gasteiger partial charge in [0, 0.05) is 23.5 Å². The number of fused-ring (bicyclic) bond motifs is 1. The average molecular weight is 569 g/mol. The first-order valence-electron chi connectivity index (χ1n) is 12.8. The van der Waals surface area contributed by atoms with Gasteiger partial charge in [-0.1, -0.05) is 24.3 Å². The largest absolute Gasteiger partial charge is 0.464 e. The van der Waals surface area contributed by atoms with Crippen molar-refractivity contribution in [3.05, 3.63) is 81.5 Å². The van der Waals surface area contributed by atoms with Crippen LogP contribution in [-0.2, 0) is 9.47 Å². The van der Waals surface area contributed by atoms with E-state index in [-0.39, 0.29) is 28.2 Å². The molecular formula is C28H27F3N6O4. The van der Waals surface area contributed by atoms with Crippen molar-refractivity contribution in [2.24, 2.45) is 0 Å². The topological polar surface area (TPSA) is 111 Å². The van der Waals surface area contributed by atoms with Crippen molar-refractivity contribution in [1.29, 1.82) is 0 Å². The third-order valence-electron chi connectivity index (χ3n) is 6.82. The van der Waals surface area contributed by atoms with Crippen LogP contribution in [-0.4, -0.2) is 59.0 Å². The Balaban J connectivity index is 1.69. The van der Waals surface area contributed by atoms with Crippen molar-refractivity contribution in [1.82, 2.24) is 19.6 Å². The van der Waals surface area contributed by atoms with E-state index in [4.69, 9.17) is 9.47 Å². The predicted octanol–water partition coefficient (Wildman–Crippen LogP) is 4.17. The van der Waals surface area contributed by atoms with Gasteiger partial charge in [0.25, 0.3) is 12.0 Å². The van der Waals surface area contributed by atoms with Crippen molar-refractivity contribution < 1.29 is 27.4 Å². The first-order chi connectivity index (χ1) is 19.7. The number of ether oxygens (including phenoxy) is 2. The molecule has 4 heterocycles. The smallest absolute Gasteiger partial charge is 0.356 e. The van der Waals surface area contributed by atoms with Gasteiger partial charge in [0.2, 0.25) is 0 Å². The van der Waals surface area contributed by atoms with Gasteiger partial charge in [0.05, 0.1) is 61.5 Å². The number of benzene rings is 1. The molecule has 0 spiro atoms. The summed E-state index contributed by atoms with van der Waals surface area (Å²) in [6.07, 6.45) is 0.0298. The van der Waals surface area contributed by atoms with Crippen LogP contribution in [0.1, 0.15) is 46.8 Å². The number of nitrogens with zero attached hydrogens (tertiary/aromatic N) is 5. The second-order valence-corrected chi connectivity index (χ2v) is 9.44. The molecule has 41 heavy (non-hydrogen) atoms. The van der Waals surface area contributed by atoms with E-state index < -0.39 is 29.8 Å². The van der Waals surface area contributed by atoms with Crippen LogP contribution in [0.5, 0.6) is 0 Å². The van der Waals surface area contributed by atoms with Gasteiger partial charge in [-0.2, -0.15) is 0 Å². The van der Waals surface area contributed by atoms with Crippen LogP contribution in [0.3, 0.4) is 0 Å². The molecule has 0 aliphatic carbocycles. The van der Waals surface area contributed by atoms with E-state index >= 15 is 0 Å². The zero-order valence-corrected chi connectivity index (χ0v) is 22.5. The highest BCUT2D eigenvalue weighted by molar-refractivity contribution is 5.98. The normalized spacial score (nSPS) is 14.4. The van der Waals surface area contributed by atoms with Crippen LogP contribution in [0.2, 0.25) is 0 Å². The number of aromatic nitrogens is 4. The number of hydrogen-bond acceptors (Lipinski definition) is 9. The summed E-state index contributed by atoms with van der Waals surface area (Å²) < 4.78 is 53.3. The molecule has 1 saturated heterocycles. The van der Waals surface area contributed by atoms with Gasteiger partial charge < -0.3 is 19.8 Å². The van der Waals surface area contributed by atoms with Crippen LogP contribution < -0.4 is 15.9 Å². The number of carbonyl (C=O) groups is 1. The molecule has 0 bridgehead atoms. The minimum absolute atomic E-state index is 0.0385. The second-order valence-electron chi connectivity index (χ2n) is 9.44. The molecule has 10 nitrogen and oxygen atoms in total. The maximum Gasteiger partial charge on any atom is 0.356 e. The molecule has 4 aromatic rings. The summed E-state index contributed by atoms with van der Waals surface area (Å²) in [7, 11) is 1.24. The van der Waals surface area contributed by atoms with Crippen LogP contribution in [0.15, 0.2) is 47.5 Å². The fourth-order valence-electron chi connectivity index (χ4n) is 4.76. The minimum Gasteiger partial charge on any atom is -0.464 e. The molecule has 0 saturated carbocycles. The molecule has 1 N–H and O–H groups in total. The van der Waals surface area contributed by atoms with Crippen molar-refractivity contribution in [2.45, 2.75) is 26.3 Å². The number of anilines is 1. The Morgan fingerprint density at radius 2 is 1.85 bits per heavy atom. The molecular weight excluding hydrogens is 541 g/mol. The molecule has 1 fully saturated rings. The number of nitrogens with one attached hydrogen (secondary N) is 1. The fourth-order valence-corrected chi connectivity index (χ4v) is 4.76. The predicted molar refractivity (Wildman–Crippen MR) is 145 cm³/mol. The Kier molecular flexibility index (Phi) is 7.88. The number of alkyl halides is 2. The molecule has 5 rings (SSSR count). The SMILES string of the molecule is COC(=O)c1ccc(-c2c(=O)n(N3CCOCC3)cc3c(N[C@H](C)c4cccc(C(F)F)c4F)nc(C)nc23)cn1. The summed E-state index contributed by atoms with van der Waals surface area (Å²) in [5.41, 5.74) is -0.0354.